The average Bonchev–Trinajstić information content (AvgIpc) is 2.71. The third-order valence-electron chi connectivity index (χ3n) is 4.10. The highest BCUT2D eigenvalue weighted by atomic mass is 32.2. The van der Waals surface area contributed by atoms with Crippen molar-refractivity contribution < 1.29 is 19.8 Å². The second-order valence-electron chi connectivity index (χ2n) is 6.83. The number of hydrogen-bond donors (Lipinski definition) is 2. The largest absolute Gasteiger partial charge is 0.481 e. The summed E-state index contributed by atoms with van der Waals surface area (Å²) in [5.74, 6) is -1.93. The minimum atomic E-state index is -0.967. The Balaban J connectivity index is 2.85. The van der Waals surface area contributed by atoms with E-state index in [0.29, 0.717) is 19.5 Å². The van der Waals surface area contributed by atoms with Crippen molar-refractivity contribution in [2.75, 3.05) is 0 Å². The molecule has 1 aromatic rings. The predicted molar refractivity (Wildman–Crippen MR) is 127 cm³/mol. The smallest absolute Gasteiger partial charge is 0.303 e. The molecular formula is C20H20N2O4S4. The van der Waals surface area contributed by atoms with Gasteiger partial charge in [-0.1, -0.05) is 72.2 Å². The molecule has 0 radical (unpaired) electrons. The summed E-state index contributed by atoms with van der Waals surface area (Å²) in [6.07, 6.45) is 0.102. The molecule has 6 nitrogen and oxygen atoms in total. The van der Waals surface area contributed by atoms with Crippen LogP contribution in [-0.2, 0) is 9.59 Å². The molecule has 0 fully saturated rings. The molecule has 0 amide bonds. The van der Waals surface area contributed by atoms with Crippen LogP contribution in [0.5, 0.6) is 0 Å². The normalized spacial score (nSPS) is 14.4. The Morgan fingerprint density at radius 2 is 1.17 bits per heavy atom. The van der Waals surface area contributed by atoms with Crippen molar-refractivity contribution in [2.45, 2.75) is 49.0 Å². The summed E-state index contributed by atoms with van der Waals surface area (Å²) >= 11 is 13.1. The van der Waals surface area contributed by atoms with E-state index in [1.54, 1.807) is 38.1 Å². The number of nitriles is 2. The van der Waals surface area contributed by atoms with Gasteiger partial charge in [-0.25, -0.2) is 0 Å². The van der Waals surface area contributed by atoms with Crippen LogP contribution in [0.4, 0.5) is 0 Å². The molecule has 0 aromatic heterocycles. The summed E-state index contributed by atoms with van der Waals surface area (Å²) in [4.78, 5) is 21.6. The third-order valence-corrected chi connectivity index (χ3v) is 7.40. The summed E-state index contributed by atoms with van der Waals surface area (Å²) < 4.78 is -0.952. The van der Waals surface area contributed by atoms with Gasteiger partial charge >= 0.3 is 11.9 Å². The third kappa shape index (κ3) is 8.41. The van der Waals surface area contributed by atoms with Gasteiger partial charge in [0.25, 0.3) is 0 Å². The molecule has 0 heterocycles. The molecule has 1 rings (SSSR count). The minimum Gasteiger partial charge on any atom is -0.481 e. The summed E-state index contributed by atoms with van der Waals surface area (Å²) in [6.45, 7) is 3.32. The number of nitrogens with zero attached hydrogens (tertiary/aromatic N) is 2. The molecule has 0 aliphatic rings. The number of carboxylic acids is 2. The number of hydrogen-bond acceptors (Lipinski definition) is 8. The Labute approximate surface area is 194 Å². The standard InChI is InChI=1S/C20H20N2O4S4/c1-19(11-21,9-7-15(23)24)29-17(27)13-3-5-14(6-4-13)18(28)30-20(2,12-22)10-8-16(25)26/h3-6H,7-10H2,1-2H3,(H,23,24)(H,25,26). The maximum absolute atomic E-state index is 10.8. The second kappa shape index (κ2) is 11.4. The Hall–Kier alpha value is -1.98. The van der Waals surface area contributed by atoms with Crippen molar-refractivity contribution in [3.05, 3.63) is 35.4 Å². The van der Waals surface area contributed by atoms with Crippen molar-refractivity contribution in [1.82, 2.24) is 0 Å². The molecule has 2 unspecified atom stereocenters. The molecule has 0 bridgehead atoms. The first-order valence-electron chi connectivity index (χ1n) is 8.76. The first-order chi connectivity index (χ1) is 13.9. The van der Waals surface area contributed by atoms with Gasteiger partial charge in [0.05, 0.1) is 20.5 Å². The molecule has 30 heavy (non-hydrogen) atoms. The fourth-order valence-electron chi connectivity index (χ4n) is 2.22. The van der Waals surface area contributed by atoms with Crippen LogP contribution in [0.3, 0.4) is 0 Å². The lowest BCUT2D eigenvalue weighted by Crippen LogP contribution is -2.21. The topological polar surface area (TPSA) is 122 Å². The zero-order valence-corrected chi connectivity index (χ0v) is 19.6. The van der Waals surface area contributed by atoms with E-state index < -0.39 is 21.4 Å². The van der Waals surface area contributed by atoms with Crippen molar-refractivity contribution in [3.8, 4) is 12.1 Å². The summed E-state index contributed by atoms with van der Waals surface area (Å²) in [5, 5.41) is 36.5. The monoisotopic (exact) mass is 480 g/mol. The Bertz CT molecular complexity index is 845. The van der Waals surface area contributed by atoms with Gasteiger partial charge in [0.1, 0.15) is 9.49 Å². The van der Waals surface area contributed by atoms with Crippen molar-refractivity contribution in [3.63, 3.8) is 0 Å². The molecule has 1 aromatic carbocycles. The van der Waals surface area contributed by atoms with Crippen LogP contribution >= 0.6 is 48.0 Å². The predicted octanol–water partition coefficient (Wildman–Crippen LogP) is 4.80. The minimum absolute atomic E-state index is 0.121. The number of aliphatic carboxylic acids is 2. The number of carbonyl (C=O) groups is 2. The first-order valence-corrected chi connectivity index (χ1v) is 11.2. The Morgan fingerprint density at radius 1 is 0.867 bits per heavy atom. The molecular weight excluding hydrogens is 460 g/mol. The Kier molecular flexibility index (Phi) is 9.92. The van der Waals surface area contributed by atoms with Crippen LogP contribution in [0.2, 0.25) is 0 Å². The molecule has 2 N–H and O–H groups in total. The maximum Gasteiger partial charge on any atom is 0.303 e. The van der Waals surface area contributed by atoms with Gasteiger partial charge < -0.3 is 10.2 Å². The van der Waals surface area contributed by atoms with Crippen molar-refractivity contribution in [1.29, 1.82) is 10.5 Å². The Morgan fingerprint density at radius 3 is 1.40 bits per heavy atom. The van der Waals surface area contributed by atoms with E-state index in [1.165, 1.54) is 0 Å². The van der Waals surface area contributed by atoms with Crippen molar-refractivity contribution >= 4 is 68.3 Å². The second-order valence-corrected chi connectivity index (χ2v) is 11.2. The van der Waals surface area contributed by atoms with Crippen LogP contribution in [0, 0.1) is 22.7 Å². The van der Waals surface area contributed by atoms with E-state index >= 15 is 0 Å². The fraction of sp³-hybridized carbons (Fsp3) is 0.400. The van der Waals surface area contributed by atoms with Crippen LogP contribution < -0.4 is 0 Å². The van der Waals surface area contributed by atoms with Crippen LogP contribution in [-0.4, -0.2) is 40.0 Å². The highest BCUT2D eigenvalue weighted by Gasteiger charge is 2.29. The van der Waals surface area contributed by atoms with Crippen LogP contribution in [0.15, 0.2) is 24.3 Å². The number of benzene rings is 1. The summed E-state index contributed by atoms with van der Waals surface area (Å²) in [6, 6.07) is 11.3. The van der Waals surface area contributed by atoms with Crippen molar-refractivity contribution in [2.24, 2.45) is 0 Å². The molecule has 158 valence electrons. The highest BCUT2D eigenvalue weighted by molar-refractivity contribution is 8.25. The lowest BCUT2D eigenvalue weighted by atomic mass is 10.1. The molecule has 0 saturated carbocycles. The van der Waals surface area contributed by atoms with E-state index in [0.717, 1.165) is 23.5 Å². The van der Waals surface area contributed by atoms with E-state index in [-0.39, 0.29) is 25.7 Å². The molecule has 0 spiro atoms. The summed E-state index contributed by atoms with van der Waals surface area (Å²) in [7, 11) is 0. The summed E-state index contributed by atoms with van der Waals surface area (Å²) in [5.41, 5.74) is 1.41. The van der Waals surface area contributed by atoms with E-state index in [9.17, 15) is 20.1 Å². The van der Waals surface area contributed by atoms with Gasteiger partial charge in [0.15, 0.2) is 0 Å². The SMILES string of the molecule is CC(C#N)(CCC(=O)O)SC(=S)c1ccc(C(=S)SC(C)(C#N)CCC(=O)O)cc1. The zero-order valence-electron chi connectivity index (χ0n) is 16.4. The quantitative estimate of drug-likeness (QED) is 0.451. The molecule has 0 aliphatic carbocycles. The average molecular weight is 481 g/mol. The van der Waals surface area contributed by atoms with E-state index in [4.69, 9.17) is 34.6 Å². The van der Waals surface area contributed by atoms with Gasteiger partial charge in [-0.15, -0.1) is 0 Å². The van der Waals surface area contributed by atoms with Crippen LogP contribution in [0.25, 0.3) is 0 Å². The number of rotatable bonds is 10. The lowest BCUT2D eigenvalue weighted by molar-refractivity contribution is -0.138. The van der Waals surface area contributed by atoms with Gasteiger partial charge in [0.2, 0.25) is 0 Å². The van der Waals surface area contributed by atoms with Gasteiger partial charge in [-0.05, 0) is 37.8 Å². The zero-order chi connectivity index (χ0) is 22.9. The maximum atomic E-state index is 10.8. The first kappa shape index (κ1) is 26.1. The highest BCUT2D eigenvalue weighted by Crippen LogP contribution is 2.35. The van der Waals surface area contributed by atoms with Gasteiger partial charge in [0, 0.05) is 12.8 Å². The molecule has 10 heteroatoms. The number of thioether (sulfide) groups is 2. The number of carboxylic acid groups (broad SMARTS) is 2. The molecule has 2 atom stereocenters. The van der Waals surface area contributed by atoms with Crippen LogP contribution in [0.1, 0.15) is 50.7 Å². The van der Waals surface area contributed by atoms with Gasteiger partial charge in [-0.3, -0.25) is 9.59 Å². The molecule has 0 saturated heterocycles. The lowest BCUT2D eigenvalue weighted by Gasteiger charge is -2.21. The van der Waals surface area contributed by atoms with E-state index in [2.05, 4.69) is 12.1 Å². The number of thiocarbonyl (C=S) groups is 2. The van der Waals surface area contributed by atoms with E-state index in [1.807, 2.05) is 0 Å². The fourth-order valence-corrected chi connectivity index (χ4v) is 5.42. The van der Waals surface area contributed by atoms with Gasteiger partial charge in [-0.2, -0.15) is 10.5 Å². The molecule has 0 aliphatic heterocycles.